The predicted octanol–water partition coefficient (Wildman–Crippen LogP) is 2.45. The number of nitrogens with zero attached hydrogens (tertiary/aromatic N) is 1. The number of carbonyl (C=O) groups is 1. The second-order valence-corrected chi connectivity index (χ2v) is 5.04. The summed E-state index contributed by atoms with van der Waals surface area (Å²) in [5.41, 5.74) is 10.3. The summed E-state index contributed by atoms with van der Waals surface area (Å²) in [6.07, 6.45) is 5.62. The number of carbonyl (C=O) groups excluding carboxylic acids is 1. The lowest BCUT2D eigenvalue weighted by atomic mass is 9.93. The molecule has 20 heavy (non-hydrogen) atoms. The normalized spacial score (nSPS) is 13.4. The van der Waals surface area contributed by atoms with Gasteiger partial charge in [0, 0.05) is 47.9 Å². The van der Waals surface area contributed by atoms with E-state index < -0.39 is 0 Å². The van der Waals surface area contributed by atoms with Crippen molar-refractivity contribution in [3.05, 3.63) is 53.3 Å². The standard InChI is InChI=1S/C16H17N3O/c17-14-6-8-18-10-11(14)9-16(20)13-3-1-5-15-12(13)4-2-7-19-15/h1,3,5-6,8,10,19H,2,4,7,9H2,(H2,17,18). The zero-order valence-corrected chi connectivity index (χ0v) is 11.2. The van der Waals surface area contributed by atoms with Crippen LogP contribution in [0.3, 0.4) is 0 Å². The van der Waals surface area contributed by atoms with Gasteiger partial charge in [-0.2, -0.15) is 0 Å². The van der Waals surface area contributed by atoms with Crippen LogP contribution >= 0.6 is 0 Å². The lowest BCUT2D eigenvalue weighted by molar-refractivity contribution is 0.0992. The van der Waals surface area contributed by atoms with Crippen LogP contribution < -0.4 is 11.1 Å². The number of nitrogens with two attached hydrogens (primary N) is 1. The average Bonchev–Trinajstić information content (AvgIpc) is 2.49. The van der Waals surface area contributed by atoms with Gasteiger partial charge < -0.3 is 11.1 Å². The van der Waals surface area contributed by atoms with Crippen molar-refractivity contribution in [1.29, 1.82) is 0 Å². The smallest absolute Gasteiger partial charge is 0.167 e. The molecule has 0 bridgehead atoms. The lowest BCUT2D eigenvalue weighted by Gasteiger charge is -2.20. The Labute approximate surface area is 118 Å². The zero-order chi connectivity index (χ0) is 13.9. The molecule has 0 radical (unpaired) electrons. The fourth-order valence-electron chi connectivity index (χ4n) is 2.63. The fourth-order valence-corrected chi connectivity index (χ4v) is 2.63. The molecule has 1 aromatic heterocycles. The molecule has 4 nitrogen and oxygen atoms in total. The quantitative estimate of drug-likeness (QED) is 0.838. The van der Waals surface area contributed by atoms with Crippen LogP contribution in [-0.4, -0.2) is 17.3 Å². The number of pyridine rings is 1. The molecular formula is C16H17N3O. The minimum Gasteiger partial charge on any atom is -0.398 e. The fraction of sp³-hybridized carbons (Fsp3) is 0.250. The summed E-state index contributed by atoms with van der Waals surface area (Å²) in [7, 11) is 0. The summed E-state index contributed by atoms with van der Waals surface area (Å²) in [5, 5.41) is 3.34. The third-order valence-corrected chi connectivity index (χ3v) is 3.69. The topological polar surface area (TPSA) is 68.0 Å². The largest absolute Gasteiger partial charge is 0.398 e. The number of hydrogen-bond donors (Lipinski definition) is 2. The number of hydrogen-bond acceptors (Lipinski definition) is 4. The van der Waals surface area contributed by atoms with Gasteiger partial charge in [0.05, 0.1) is 0 Å². The van der Waals surface area contributed by atoms with Crippen LogP contribution in [0.25, 0.3) is 0 Å². The Hall–Kier alpha value is -2.36. The number of rotatable bonds is 3. The molecule has 0 unspecified atom stereocenters. The molecule has 0 aliphatic carbocycles. The summed E-state index contributed by atoms with van der Waals surface area (Å²) in [4.78, 5) is 16.6. The molecule has 4 heteroatoms. The van der Waals surface area contributed by atoms with Crippen molar-refractivity contribution < 1.29 is 4.79 Å². The van der Waals surface area contributed by atoms with Crippen LogP contribution in [0.1, 0.15) is 27.9 Å². The maximum atomic E-state index is 12.5. The lowest BCUT2D eigenvalue weighted by Crippen LogP contribution is -2.16. The van der Waals surface area contributed by atoms with Crippen molar-refractivity contribution in [2.75, 3.05) is 17.6 Å². The summed E-state index contributed by atoms with van der Waals surface area (Å²) >= 11 is 0. The van der Waals surface area contributed by atoms with E-state index in [4.69, 9.17) is 5.73 Å². The van der Waals surface area contributed by atoms with Crippen molar-refractivity contribution in [3.8, 4) is 0 Å². The first-order chi connectivity index (χ1) is 9.75. The van der Waals surface area contributed by atoms with Crippen molar-refractivity contribution in [3.63, 3.8) is 0 Å². The Kier molecular flexibility index (Phi) is 3.37. The van der Waals surface area contributed by atoms with Gasteiger partial charge in [0.25, 0.3) is 0 Å². The van der Waals surface area contributed by atoms with Crippen LogP contribution in [0, 0.1) is 0 Å². The van der Waals surface area contributed by atoms with Crippen LogP contribution in [-0.2, 0) is 12.8 Å². The van der Waals surface area contributed by atoms with Crippen LogP contribution in [0.5, 0.6) is 0 Å². The molecular weight excluding hydrogens is 250 g/mol. The second kappa shape index (κ2) is 5.33. The van der Waals surface area contributed by atoms with E-state index in [1.54, 1.807) is 18.5 Å². The number of Topliss-reactive ketones (excluding diaryl/α,β-unsaturated/α-hetero) is 1. The molecule has 0 fully saturated rings. The van der Waals surface area contributed by atoms with E-state index in [1.807, 2.05) is 18.2 Å². The molecule has 2 heterocycles. The van der Waals surface area contributed by atoms with Gasteiger partial charge in [0.1, 0.15) is 0 Å². The molecule has 0 spiro atoms. The van der Waals surface area contributed by atoms with Crippen molar-refractivity contribution in [2.45, 2.75) is 19.3 Å². The molecule has 3 N–H and O–H groups in total. The number of benzene rings is 1. The van der Waals surface area contributed by atoms with Gasteiger partial charge in [-0.3, -0.25) is 9.78 Å². The molecule has 0 atom stereocenters. The highest BCUT2D eigenvalue weighted by atomic mass is 16.1. The molecule has 0 saturated heterocycles. The molecule has 1 aliphatic heterocycles. The number of aromatic nitrogens is 1. The third kappa shape index (κ3) is 2.37. The summed E-state index contributed by atoms with van der Waals surface area (Å²) < 4.78 is 0. The number of nitrogens with one attached hydrogen (secondary N) is 1. The zero-order valence-electron chi connectivity index (χ0n) is 11.2. The van der Waals surface area contributed by atoms with Gasteiger partial charge in [0.15, 0.2) is 5.78 Å². The number of anilines is 2. The molecule has 1 aliphatic rings. The maximum Gasteiger partial charge on any atom is 0.167 e. The van der Waals surface area contributed by atoms with Crippen molar-refractivity contribution in [1.82, 2.24) is 4.98 Å². The number of ketones is 1. The minimum atomic E-state index is 0.102. The summed E-state index contributed by atoms with van der Waals surface area (Å²) in [6, 6.07) is 7.59. The van der Waals surface area contributed by atoms with Gasteiger partial charge >= 0.3 is 0 Å². The molecule has 0 saturated carbocycles. The highest BCUT2D eigenvalue weighted by Crippen LogP contribution is 2.26. The Balaban J connectivity index is 1.90. The van der Waals surface area contributed by atoms with E-state index in [2.05, 4.69) is 10.3 Å². The molecule has 2 aromatic rings. The Bertz CT molecular complexity index is 652. The molecule has 3 rings (SSSR count). The van der Waals surface area contributed by atoms with Gasteiger partial charge in [-0.25, -0.2) is 0 Å². The van der Waals surface area contributed by atoms with Gasteiger partial charge in [-0.1, -0.05) is 12.1 Å². The molecule has 0 amide bonds. The maximum absolute atomic E-state index is 12.5. The monoisotopic (exact) mass is 267 g/mol. The highest BCUT2D eigenvalue weighted by molar-refractivity contribution is 6.00. The SMILES string of the molecule is Nc1ccncc1CC(=O)c1cccc2c1CCCN2. The Morgan fingerprint density at radius 2 is 2.25 bits per heavy atom. The van der Waals surface area contributed by atoms with Crippen molar-refractivity contribution in [2.24, 2.45) is 0 Å². The van der Waals surface area contributed by atoms with Gasteiger partial charge in [-0.05, 0) is 30.5 Å². The first-order valence-electron chi connectivity index (χ1n) is 6.83. The van der Waals surface area contributed by atoms with E-state index in [-0.39, 0.29) is 5.78 Å². The van der Waals surface area contributed by atoms with Gasteiger partial charge in [0.2, 0.25) is 0 Å². The summed E-state index contributed by atoms with van der Waals surface area (Å²) in [6.45, 7) is 0.972. The van der Waals surface area contributed by atoms with E-state index in [9.17, 15) is 4.79 Å². The van der Waals surface area contributed by atoms with E-state index >= 15 is 0 Å². The van der Waals surface area contributed by atoms with Gasteiger partial charge in [-0.15, -0.1) is 0 Å². The van der Waals surface area contributed by atoms with Crippen LogP contribution in [0.2, 0.25) is 0 Å². The molecule has 102 valence electrons. The second-order valence-electron chi connectivity index (χ2n) is 5.04. The Morgan fingerprint density at radius 3 is 3.10 bits per heavy atom. The van der Waals surface area contributed by atoms with E-state index in [0.29, 0.717) is 12.1 Å². The number of nitrogen functional groups attached to an aromatic ring is 1. The summed E-state index contributed by atoms with van der Waals surface area (Å²) in [5.74, 6) is 0.102. The predicted molar refractivity (Wildman–Crippen MR) is 79.9 cm³/mol. The first-order valence-corrected chi connectivity index (χ1v) is 6.83. The highest BCUT2D eigenvalue weighted by Gasteiger charge is 2.18. The Morgan fingerprint density at radius 1 is 1.35 bits per heavy atom. The van der Waals surface area contributed by atoms with Crippen LogP contribution in [0.4, 0.5) is 11.4 Å². The minimum absolute atomic E-state index is 0.102. The average molecular weight is 267 g/mol. The van der Waals surface area contributed by atoms with E-state index in [0.717, 1.165) is 41.8 Å². The van der Waals surface area contributed by atoms with Crippen molar-refractivity contribution >= 4 is 17.2 Å². The van der Waals surface area contributed by atoms with E-state index in [1.165, 1.54) is 0 Å². The third-order valence-electron chi connectivity index (χ3n) is 3.69. The number of fused-ring (bicyclic) bond motifs is 1. The van der Waals surface area contributed by atoms with Crippen LogP contribution in [0.15, 0.2) is 36.7 Å². The first kappa shape index (κ1) is 12.7. The molecule has 1 aromatic carbocycles.